The van der Waals surface area contributed by atoms with Crippen LogP contribution in [0.1, 0.15) is 23.1 Å². The van der Waals surface area contributed by atoms with E-state index in [1.165, 1.54) is 16.7 Å². The van der Waals surface area contributed by atoms with Crippen molar-refractivity contribution in [3.8, 4) is 11.3 Å². The highest BCUT2D eigenvalue weighted by Crippen LogP contribution is 2.27. The van der Waals surface area contributed by atoms with Gasteiger partial charge in [0.1, 0.15) is 0 Å². The lowest BCUT2D eigenvalue weighted by Crippen LogP contribution is -2.04. The lowest BCUT2D eigenvalue weighted by Gasteiger charge is -2.05. The number of benzene rings is 1. The topological polar surface area (TPSA) is 33.1 Å². The van der Waals surface area contributed by atoms with E-state index in [-0.39, 0.29) is 12.5 Å². The van der Waals surface area contributed by atoms with Gasteiger partial charge in [-0.05, 0) is 31.4 Å². The first-order valence-electron chi connectivity index (χ1n) is 6.23. The minimum atomic E-state index is 0.221. The molecule has 96 valence electrons. The molecule has 2 nitrogen and oxygen atoms in total. The van der Waals surface area contributed by atoms with Gasteiger partial charge in [0.05, 0.1) is 10.7 Å². The fraction of sp³-hybridized carbons (Fsp3) is 0.400. The summed E-state index contributed by atoms with van der Waals surface area (Å²) < 4.78 is 0. The second-order valence-electron chi connectivity index (χ2n) is 4.94. The summed E-state index contributed by atoms with van der Waals surface area (Å²) in [7, 11) is 0. The number of hydrogen-bond acceptors (Lipinski definition) is 3. The summed E-state index contributed by atoms with van der Waals surface area (Å²) in [5, 5.41) is 12.3. The van der Waals surface area contributed by atoms with Gasteiger partial charge in [0, 0.05) is 24.0 Å². The van der Waals surface area contributed by atoms with Crippen molar-refractivity contribution in [3.05, 3.63) is 39.7 Å². The first-order chi connectivity index (χ1) is 8.60. The molecule has 0 aliphatic rings. The van der Waals surface area contributed by atoms with Gasteiger partial charge in [-0.1, -0.05) is 24.6 Å². The van der Waals surface area contributed by atoms with Crippen molar-refractivity contribution >= 4 is 11.3 Å². The second-order valence-corrected chi connectivity index (χ2v) is 5.88. The number of hydrogen-bond donors (Lipinski definition) is 1. The summed E-state index contributed by atoms with van der Waals surface area (Å²) in [6, 6.07) is 6.45. The van der Waals surface area contributed by atoms with Crippen LogP contribution in [0, 0.1) is 19.8 Å². The molecule has 1 unspecified atom stereocenters. The van der Waals surface area contributed by atoms with Gasteiger partial charge in [0.25, 0.3) is 0 Å². The smallest absolute Gasteiger partial charge is 0.0936 e. The quantitative estimate of drug-likeness (QED) is 0.912. The molecule has 0 radical (unpaired) electrons. The van der Waals surface area contributed by atoms with E-state index in [1.807, 2.05) is 6.92 Å². The van der Waals surface area contributed by atoms with Crippen LogP contribution >= 0.6 is 11.3 Å². The molecule has 0 saturated carbocycles. The van der Waals surface area contributed by atoms with E-state index in [0.717, 1.165) is 17.1 Å². The zero-order valence-corrected chi connectivity index (χ0v) is 11.9. The summed E-state index contributed by atoms with van der Waals surface area (Å²) in [5.41, 5.74) is 4.79. The molecule has 0 amide bonds. The van der Waals surface area contributed by atoms with Crippen molar-refractivity contribution in [2.75, 3.05) is 6.61 Å². The van der Waals surface area contributed by atoms with E-state index in [2.05, 4.69) is 42.4 Å². The number of nitrogens with zero attached hydrogens (tertiary/aromatic N) is 1. The number of aliphatic hydroxyl groups is 1. The lowest BCUT2D eigenvalue weighted by molar-refractivity contribution is 0.237. The molecule has 2 rings (SSSR count). The highest BCUT2D eigenvalue weighted by atomic mass is 32.1. The highest BCUT2D eigenvalue weighted by molar-refractivity contribution is 7.09. The second kappa shape index (κ2) is 5.63. The maximum Gasteiger partial charge on any atom is 0.0936 e. The number of rotatable bonds is 4. The number of thiazole rings is 1. The third-order valence-electron chi connectivity index (χ3n) is 3.06. The first-order valence-corrected chi connectivity index (χ1v) is 7.11. The normalized spacial score (nSPS) is 12.7. The third kappa shape index (κ3) is 2.98. The van der Waals surface area contributed by atoms with Crippen molar-refractivity contribution in [2.24, 2.45) is 5.92 Å². The van der Waals surface area contributed by atoms with E-state index in [0.29, 0.717) is 0 Å². The van der Waals surface area contributed by atoms with Crippen LogP contribution in [0.25, 0.3) is 11.3 Å². The zero-order chi connectivity index (χ0) is 13.1. The van der Waals surface area contributed by atoms with Crippen molar-refractivity contribution in [1.82, 2.24) is 4.98 Å². The minimum absolute atomic E-state index is 0.221. The van der Waals surface area contributed by atoms with Crippen LogP contribution < -0.4 is 0 Å². The SMILES string of the molecule is Cc1ccc(C)c(-c2csc(CC(C)CO)n2)c1. The van der Waals surface area contributed by atoms with Gasteiger partial charge >= 0.3 is 0 Å². The molecule has 0 saturated heterocycles. The van der Waals surface area contributed by atoms with Crippen LogP contribution in [0.4, 0.5) is 0 Å². The van der Waals surface area contributed by atoms with Crippen LogP contribution in [0.5, 0.6) is 0 Å². The monoisotopic (exact) mass is 261 g/mol. The molecule has 2 aromatic rings. The average molecular weight is 261 g/mol. The minimum Gasteiger partial charge on any atom is -0.396 e. The predicted molar refractivity (Wildman–Crippen MR) is 77.0 cm³/mol. The number of aromatic nitrogens is 1. The van der Waals surface area contributed by atoms with Crippen molar-refractivity contribution < 1.29 is 5.11 Å². The fourth-order valence-electron chi connectivity index (χ4n) is 1.90. The Hall–Kier alpha value is -1.19. The summed E-state index contributed by atoms with van der Waals surface area (Å²) in [6.07, 6.45) is 0.853. The Morgan fingerprint density at radius 1 is 1.33 bits per heavy atom. The molecular formula is C15H19NOS. The van der Waals surface area contributed by atoms with E-state index in [9.17, 15) is 0 Å². The van der Waals surface area contributed by atoms with E-state index < -0.39 is 0 Å². The van der Waals surface area contributed by atoms with Crippen LogP contribution in [-0.2, 0) is 6.42 Å². The highest BCUT2D eigenvalue weighted by Gasteiger charge is 2.09. The molecule has 0 spiro atoms. The van der Waals surface area contributed by atoms with Gasteiger partial charge in [0.2, 0.25) is 0 Å². The first kappa shape index (κ1) is 13.2. The fourth-order valence-corrected chi connectivity index (χ4v) is 2.86. The van der Waals surface area contributed by atoms with E-state index >= 15 is 0 Å². The standard InChI is InChI=1S/C15H19NOS/c1-10-4-5-12(3)13(6-10)14-9-18-15(16-14)7-11(2)8-17/h4-6,9,11,17H,7-8H2,1-3H3. The molecule has 0 aliphatic carbocycles. The Balaban J connectivity index is 2.26. The number of aryl methyl sites for hydroxylation is 2. The molecule has 0 aliphatic heterocycles. The van der Waals surface area contributed by atoms with Crippen LogP contribution in [0.15, 0.2) is 23.6 Å². The third-order valence-corrected chi connectivity index (χ3v) is 3.93. The van der Waals surface area contributed by atoms with Gasteiger partial charge in [0.15, 0.2) is 0 Å². The van der Waals surface area contributed by atoms with Crippen LogP contribution in [0.2, 0.25) is 0 Å². The molecule has 18 heavy (non-hydrogen) atoms. The van der Waals surface area contributed by atoms with Gasteiger partial charge in [-0.3, -0.25) is 0 Å². The molecule has 1 aromatic carbocycles. The average Bonchev–Trinajstić information content (AvgIpc) is 2.80. The Bertz CT molecular complexity index is 533. The van der Waals surface area contributed by atoms with Gasteiger partial charge < -0.3 is 5.11 Å². The summed E-state index contributed by atoms with van der Waals surface area (Å²) in [5.74, 6) is 0.280. The van der Waals surface area contributed by atoms with Crippen molar-refractivity contribution in [1.29, 1.82) is 0 Å². The van der Waals surface area contributed by atoms with Gasteiger partial charge in [-0.2, -0.15) is 0 Å². The van der Waals surface area contributed by atoms with Gasteiger partial charge in [-0.25, -0.2) is 4.98 Å². The molecular weight excluding hydrogens is 242 g/mol. The maximum atomic E-state index is 9.08. The van der Waals surface area contributed by atoms with Gasteiger partial charge in [-0.15, -0.1) is 11.3 Å². The molecule has 1 atom stereocenters. The molecule has 0 fully saturated rings. The lowest BCUT2D eigenvalue weighted by atomic mass is 10.0. The van der Waals surface area contributed by atoms with Crippen LogP contribution in [-0.4, -0.2) is 16.7 Å². The molecule has 0 bridgehead atoms. The Morgan fingerprint density at radius 3 is 2.83 bits per heavy atom. The molecule has 3 heteroatoms. The molecule has 1 heterocycles. The summed E-state index contributed by atoms with van der Waals surface area (Å²) >= 11 is 1.68. The van der Waals surface area contributed by atoms with E-state index in [1.54, 1.807) is 11.3 Å². The Kier molecular flexibility index (Phi) is 4.15. The maximum absolute atomic E-state index is 9.08. The largest absolute Gasteiger partial charge is 0.396 e. The summed E-state index contributed by atoms with van der Waals surface area (Å²) in [4.78, 5) is 4.68. The molecule has 1 N–H and O–H groups in total. The zero-order valence-electron chi connectivity index (χ0n) is 11.1. The molecule has 1 aromatic heterocycles. The van der Waals surface area contributed by atoms with Crippen molar-refractivity contribution in [2.45, 2.75) is 27.2 Å². The summed E-state index contributed by atoms with van der Waals surface area (Å²) in [6.45, 7) is 6.48. The van der Waals surface area contributed by atoms with Crippen molar-refractivity contribution in [3.63, 3.8) is 0 Å². The van der Waals surface area contributed by atoms with E-state index in [4.69, 9.17) is 5.11 Å². The number of aliphatic hydroxyl groups excluding tert-OH is 1. The predicted octanol–water partition coefficient (Wildman–Crippen LogP) is 3.60. The Labute approximate surface area is 112 Å². The Morgan fingerprint density at radius 2 is 2.11 bits per heavy atom. The van der Waals surface area contributed by atoms with Crippen LogP contribution in [0.3, 0.4) is 0 Å².